The van der Waals surface area contributed by atoms with Crippen LogP contribution in [0.25, 0.3) is 10.9 Å². The van der Waals surface area contributed by atoms with Crippen LogP contribution in [0.1, 0.15) is 21.9 Å². The van der Waals surface area contributed by atoms with Gasteiger partial charge in [-0.3, -0.25) is 4.79 Å². The zero-order chi connectivity index (χ0) is 14.1. The van der Waals surface area contributed by atoms with Crippen molar-refractivity contribution in [1.82, 2.24) is 10.3 Å². The molecule has 2 heterocycles. The highest BCUT2D eigenvalue weighted by atomic mass is 16.3. The monoisotopic (exact) mass is 269 g/mol. The van der Waals surface area contributed by atoms with Gasteiger partial charge in [-0.05, 0) is 37.3 Å². The van der Waals surface area contributed by atoms with E-state index < -0.39 is 0 Å². The minimum atomic E-state index is -0.143. The van der Waals surface area contributed by atoms with Gasteiger partial charge in [0.15, 0.2) is 0 Å². The normalized spacial score (nSPS) is 10.8. The number of nitrogens with one attached hydrogen (secondary N) is 2. The Morgan fingerprint density at radius 2 is 2.20 bits per heavy atom. The van der Waals surface area contributed by atoms with Crippen molar-refractivity contribution in [2.45, 2.75) is 13.5 Å². The lowest BCUT2D eigenvalue weighted by atomic mass is 10.1. The van der Waals surface area contributed by atoms with Crippen molar-refractivity contribution in [3.05, 3.63) is 53.6 Å². The minimum absolute atomic E-state index is 0.143. The van der Waals surface area contributed by atoms with E-state index in [0.29, 0.717) is 17.8 Å². The van der Waals surface area contributed by atoms with Gasteiger partial charge in [0.2, 0.25) is 0 Å². The van der Waals surface area contributed by atoms with E-state index >= 15 is 0 Å². The van der Waals surface area contributed by atoms with Crippen LogP contribution in [0.2, 0.25) is 0 Å². The highest BCUT2D eigenvalue weighted by Gasteiger charge is 2.12. The van der Waals surface area contributed by atoms with Gasteiger partial charge in [-0.2, -0.15) is 0 Å². The molecule has 3 rings (SSSR count). The summed E-state index contributed by atoms with van der Waals surface area (Å²) in [6.07, 6.45) is 1.69. The van der Waals surface area contributed by atoms with E-state index in [0.717, 1.165) is 22.4 Å². The molecule has 5 nitrogen and oxygen atoms in total. The SMILES string of the molecule is Cc1ccc(CNC(=O)c2c[nH]c3cc(N)ccc23)o1. The molecule has 0 radical (unpaired) electrons. The Kier molecular flexibility index (Phi) is 2.95. The number of rotatable bonds is 3. The number of nitrogen functional groups attached to an aromatic ring is 1. The minimum Gasteiger partial charge on any atom is -0.465 e. The Bertz CT molecular complexity index is 770. The summed E-state index contributed by atoms with van der Waals surface area (Å²) >= 11 is 0. The van der Waals surface area contributed by atoms with Crippen LogP contribution < -0.4 is 11.1 Å². The van der Waals surface area contributed by atoms with Crippen LogP contribution in [-0.4, -0.2) is 10.9 Å². The van der Waals surface area contributed by atoms with E-state index in [2.05, 4.69) is 10.3 Å². The Labute approximate surface area is 115 Å². The number of benzene rings is 1. The largest absolute Gasteiger partial charge is 0.465 e. The first-order valence-corrected chi connectivity index (χ1v) is 6.33. The second-order valence-corrected chi connectivity index (χ2v) is 4.70. The average Bonchev–Trinajstić information content (AvgIpc) is 3.01. The zero-order valence-electron chi connectivity index (χ0n) is 11.1. The smallest absolute Gasteiger partial charge is 0.253 e. The van der Waals surface area contributed by atoms with Crippen molar-refractivity contribution in [2.24, 2.45) is 0 Å². The Morgan fingerprint density at radius 1 is 1.35 bits per heavy atom. The summed E-state index contributed by atoms with van der Waals surface area (Å²) in [4.78, 5) is 15.2. The molecule has 0 atom stereocenters. The maximum Gasteiger partial charge on any atom is 0.253 e. The quantitative estimate of drug-likeness (QED) is 0.639. The van der Waals surface area contributed by atoms with Crippen LogP contribution in [0.3, 0.4) is 0 Å². The number of aromatic nitrogens is 1. The van der Waals surface area contributed by atoms with Crippen molar-refractivity contribution in [3.8, 4) is 0 Å². The summed E-state index contributed by atoms with van der Waals surface area (Å²) in [5.41, 5.74) is 7.83. The number of aromatic amines is 1. The lowest BCUT2D eigenvalue weighted by Crippen LogP contribution is -2.22. The molecular weight excluding hydrogens is 254 g/mol. The lowest BCUT2D eigenvalue weighted by Gasteiger charge is -2.02. The first kappa shape index (κ1) is 12.3. The number of furan rings is 1. The van der Waals surface area contributed by atoms with Gasteiger partial charge in [0.05, 0.1) is 12.1 Å². The Balaban J connectivity index is 1.78. The molecule has 4 N–H and O–H groups in total. The third kappa shape index (κ3) is 2.25. The number of fused-ring (bicyclic) bond motifs is 1. The second-order valence-electron chi connectivity index (χ2n) is 4.70. The van der Waals surface area contributed by atoms with E-state index in [1.165, 1.54) is 0 Å². The predicted octanol–water partition coefficient (Wildman–Crippen LogP) is 2.58. The molecule has 0 fully saturated rings. The molecular formula is C15H15N3O2. The fourth-order valence-electron chi connectivity index (χ4n) is 2.17. The maximum absolute atomic E-state index is 12.2. The van der Waals surface area contributed by atoms with Crippen LogP contribution in [0.15, 0.2) is 40.9 Å². The van der Waals surface area contributed by atoms with Crippen LogP contribution in [-0.2, 0) is 6.54 Å². The molecule has 3 aromatic rings. The molecule has 0 aliphatic rings. The summed E-state index contributed by atoms with van der Waals surface area (Å²) in [6.45, 7) is 2.24. The van der Waals surface area contributed by atoms with Gasteiger partial charge in [0.25, 0.3) is 5.91 Å². The lowest BCUT2D eigenvalue weighted by molar-refractivity contribution is 0.0949. The Morgan fingerprint density at radius 3 is 2.95 bits per heavy atom. The number of carbonyl (C=O) groups is 1. The predicted molar refractivity (Wildman–Crippen MR) is 77.3 cm³/mol. The number of hydrogen-bond acceptors (Lipinski definition) is 3. The van der Waals surface area contributed by atoms with Crippen LogP contribution >= 0.6 is 0 Å². The van der Waals surface area contributed by atoms with Crippen molar-refractivity contribution in [1.29, 1.82) is 0 Å². The summed E-state index contributed by atoms with van der Waals surface area (Å²) in [7, 11) is 0. The van der Waals surface area contributed by atoms with Gasteiger partial charge < -0.3 is 20.5 Å². The molecule has 0 unspecified atom stereocenters. The van der Waals surface area contributed by atoms with E-state index in [1.807, 2.05) is 31.2 Å². The van der Waals surface area contributed by atoms with Crippen LogP contribution in [0.4, 0.5) is 5.69 Å². The maximum atomic E-state index is 12.2. The molecule has 0 saturated carbocycles. The molecule has 0 bridgehead atoms. The highest BCUT2D eigenvalue weighted by molar-refractivity contribution is 6.07. The van der Waals surface area contributed by atoms with Gasteiger partial charge >= 0.3 is 0 Å². The third-order valence-electron chi connectivity index (χ3n) is 3.17. The molecule has 0 spiro atoms. The fraction of sp³-hybridized carbons (Fsp3) is 0.133. The number of anilines is 1. The number of hydrogen-bond donors (Lipinski definition) is 3. The summed E-state index contributed by atoms with van der Waals surface area (Å²) in [6, 6.07) is 9.15. The van der Waals surface area contributed by atoms with Gasteiger partial charge in [-0.25, -0.2) is 0 Å². The van der Waals surface area contributed by atoms with Crippen molar-refractivity contribution >= 4 is 22.5 Å². The molecule has 1 aromatic carbocycles. The highest BCUT2D eigenvalue weighted by Crippen LogP contribution is 2.20. The molecule has 0 aliphatic carbocycles. The van der Waals surface area contributed by atoms with Crippen molar-refractivity contribution < 1.29 is 9.21 Å². The van der Waals surface area contributed by atoms with Crippen LogP contribution in [0, 0.1) is 6.92 Å². The fourth-order valence-corrected chi connectivity index (χ4v) is 2.17. The molecule has 102 valence electrons. The average molecular weight is 269 g/mol. The summed E-state index contributed by atoms with van der Waals surface area (Å²) < 4.78 is 5.42. The van der Waals surface area contributed by atoms with E-state index in [1.54, 1.807) is 12.3 Å². The van der Waals surface area contributed by atoms with Crippen molar-refractivity contribution in [3.63, 3.8) is 0 Å². The Hall–Kier alpha value is -2.69. The number of amides is 1. The third-order valence-corrected chi connectivity index (χ3v) is 3.17. The van der Waals surface area contributed by atoms with E-state index in [-0.39, 0.29) is 5.91 Å². The van der Waals surface area contributed by atoms with Crippen LogP contribution in [0.5, 0.6) is 0 Å². The molecule has 1 amide bonds. The molecule has 2 aromatic heterocycles. The molecule has 0 saturated heterocycles. The van der Waals surface area contributed by atoms with Gasteiger partial charge in [-0.15, -0.1) is 0 Å². The van der Waals surface area contributed by atoms with Gasteiger partial charge in [-0.1, -0.05) is 0 Å². The molecule has 20 heavy (non-hydrogen) atoms. The first-order valence-electron chi connectivity index (χ1n) is 6.33. The zero-order valence-corrected chi connectivity index (χ0v) is 11.1. The second kappa shape index (κ2) is 4.77. The van der Waals surface area contributed by atoms with Gasteiger partial charge in [0, 0.05) is 22.8 Å². The topological polar surface area (TPSA) is 84.0 Å². The number of nitrogens with two attached hydrogens (primary N) is 1. The number of carbonyl (C=O) groups excluding carboxylic acids is 1. The standard InChI is InChI=1S/C15H15N3O2/c1-9-2-4-11(20-9)7-18-15(19)13-8-17-14-6-10(16)3-5-12(13)14/h2-6,8,17H,7,16H2,1H3,(H,18,19). The van der Waals surface area contributed by atoms with Crippen molar-refractivity contribution in [2.75, 3.05) is 5.73 Å². The van der Waals surface area contributed by atoms with E-state index in [4.69, 9.17) is 10.2 Å². The number of aryl methyl sites for hydroxylation is 1. The molecule has 5 heteroatoms. The summed E-state index contributed by atoms with van der Waals surface area (Å²) in [5.74, 6) is 1.42. The van der Waals surface area contributed by atoms with Gasteiger partial charge in [0.1, 0.15) is 11.5 Å². The first-order chi connectivity index (χ1) is 9.63. The van der Waals surface area contributed by atoms with E-state index in [9.17, 15) is 4.79 Å². The number of H-pyrrole nitrogens is 1. The summed E-state index contributed by atoms with van der Waals surface area (Å²) in [5, 5.41) is 3.69. The molecule has 0 aliphatic heterocycles.